The number of hydrogen-bond donors (Lipinski definition) is 1. The summed E-state index contributed by atoms with van der Waals surface area (Å²) < 4.78 is 15.0. The number of halogens is 1. The van der Waals surface area contributed by atoms with Crippen LogP contribution in [-0.4, -0.2) is 15.6 Å². The SMILES string of the molecule is Cc1c(CCC(=O)O)n(C)c2cc(F)ccc12. The zero-order chi connectivity index (χ0) is 12.6. The molecule has 0 aliphatic rings. The number of nitrogens with zero attached hydrogens (tertiary/aromatic N) is 1. The quantitative estimate of drug-likeness (QED) is 0.888. The van der Waals surface area contributed by atoms with Crippen molar-refractivity contribution in [3.8, 4) is 0 Å². The van der Waals surface area contributed by atoms with E-state index in [9.17, 15) is 9.18 Å². The van der Waals surface area contributed by atoms with Crippen molar-refractivity contribution in [1.29, 1.82) is 0 Å². The van der Waals surface area contributed by atoms with Crippen LogP contribution in [0.15, 0.2) is 18.2 Å². The molecule has 0 fully saturated rings. The number of fused-ring (bicyclic) bond motifs is 1. The van der Waals surface area contributed by atoms with Gasteiger partial charge < -0.3 is 9.67 Å². The van der Waals surface area contributed by atoms with Crippen molar-refractivity contribution in [3.05, 3.63) is 35.3 Å². The van der Waals surface area contributed by atoms with Crippen LogP contribution < -0.4 is 0 Å². The first-order valence-corrected chi connectivity index (χ1v) is 5.46. The fourth-order valence-electron chi connectivity index (χ4n) is 2.23. The second-order valence-corrected chi connectivity index (χ2v) is 4.19. The number of rotatable bonds is 3. The molecule has 1 N–H and O–H groups in total. The maximum Gasteiger partial charge on any atom is 0.303 e. The Labute approximate surface area is 98.5 Å². The van der Waals surface area contributed by atoms with Crippen LogP contribution in [0.5, 0.6) is 0 Å². The predicted molar refractivity (Wildman–Crippen MR) is 63.6 cm³/mol. The minimum atomic E-state index is -0.819. The van der Waals surface area contributed by atoms with Gasteiger partial charge in [0.2, 0.25) is 0 Å². The van der Waals surface area contributed by atoms with Gasteiger partial charge in [-0.25, -0.2) is 4.39 Å². The summed E-state index contributed by atoms with van der Waals surface area (Å²) in [7, 11) is 1.84. The Kier molecular flexibility index (Phi) is 2.88. The lowest BCUT2D eigenvalue weighted by molar-refractivity contribution is -0.136. The second kappa shape index (κ2) is 4.20. The van der Waals surface area contributed by atoms with Crippen molar-refractivity contribution < 1.29 is 14.3 Å². The molecule has 3 nitrogen and oxygen atoms in total. The fourth-order valence-corrected chi connectivity index (χ4v) is 2.23. The molecule has 0 spiro atoms. The Hall–Kier alpha value is -1.84. The summed E-state index contributed by atoms with van der Waals surface area (Å²) in [6, 6.07) is 4.65. The third kappa shape index (κ3) is 2.02. The topological polar surface area (TPSA) is 42.2 Å². The number of aliphatic carboxylic acids is 1. The second-order valence-electron chi connectivity index (χ2n) is 4.19. The van der Waals surface area contributed by atoms with E-state index in [4.69, 9.17) is 5.11 Å². The molecule has 0 unspecified atom stereocenters. The van der Waals surface area contributed by atoms with Crippen LogP contribution in [0.25, 0.3) is 10.9 Å². The molecular weight excluding hydrogens is 221 g/mol. The Morgan fingerprint density at radius 2 is 2.18 bits per heavy atom. The maximum absolute atomic E-state index is 13.2. The molecule has 2 aromatic rings. The van der Waals surface area contributed by atoms with Crippen molar-refractivity contribution in [2.45, 2.75) is 19.8 Å². The highest BCUT2D eigenvalue weighted by atomic mass is 19.1. The first kappa shape index (κ1) is 11.6. The van der Waals surface area contributed by atoms with E-state index in [1.54, 1.807) is 6.07 Å². The van der Waals surface area contributed by atoms with Gasteiger partial charge in [0, 0.05) is 18.1 Å². The molecule has 4 heteroatoms. The highest BCUT2D eigenvalue weighted by molar-refractivity contribution is 5.85. The van der Waals surface area contributed by atoms with E-state index in [-0.39, 0.29) is 12.2 Å². The summed E-state index contributed by atoms with van der Waals surface area (Å²) in [5.41, 5.74) is 2.79. The van der Waals surface area contributed by atoms with Gasteiger partial charge in [0.15, 0.2) is 0 Å². The van der Waals surface area contributed by atoms with Gasteiger partial charge in [0.1, 0.15) is 5.82 Å². The molecular formula is C13H14FNO2. The van der Waals surface area contributed by atoms with Crippen molar-refractivity contribution in [2.75, 3.05) is 0 Å². The monoisotopic (exact) mass is 235 g/mol. The molecule has 0 saturated carbocycles. The minimum Gasteiger partial charge on any atom is -0.481 e. The Bertz CT molecular complexity index is 587. The maximum atomic E-state index is 13.2. The smallest absolute Gasteiger partial charge is 0.303 e. The van der Waals surface area contributed by atoms with Crippen molar-refractivity contribution in [1.82, 2.24) is 4.57 Å². The summed E-state index contributed by atoms with van der Waals surface area (Å²) in [6.07, 6.45) is 0.557. The van der Waals surface area contributed by atoms with Crippen LogP contribution >= 0.6 is 0 Å². The summed E-state index contributed by atoms with van der Waals surface area (Å²) in [4.78, 5) is 10.6. The fraction of sp³-hybridized carbons (Fsp3) is 0.308. The third-order valence-corrected chi connectivity index (χ3v) is 3.14. The minimum absolute atomic E-state index is 0.0908. The lowest BCUT2D eigenvalue weighted by Gasteiger charge is -2.03. The van der Waals surface area contributed by atoms with Crippen molar-refractivity contribution in [2.24, 2.45) is 7.05 Å². The number of aryl methyl sites for hydroxylation is 2. The van der Waals surface area contributed by atoms with E-state index in [2.05, 4.69) is 0 Å². The zero-order valence-electron chi connectivity index (χ0n) is 9.83. The van der Waals surface area contributed by atoms with Crippen molar-refractivity contribution >= 4 is 16.9 Å². The molecule has 90 valence electrons. The van der Waals surface area contributed by atoms with Gasteiger partial charge in [0.25, 0.3) is 0 Å². The van der Waals surface area contributed by atoms with E-state index in [1.165, 1.54) is 12.1 Å². The summed E-state index contributed by atoms with van der Waals surface area (Å²) >= 11 is 0. The molecule has 0 radical (unpaired) electrons. The molecule has 0 atom stereocenters. The lowest BCUT2D eigenvalue weighted by Crippen LogP contribution is -2.03. The van der Waals surface area contributed by atoms with E-state index in [0.29, 0.717) is 6.42 Å². The number of aromatic nitrogens is 1. The Balaban J connectivity index is 2.52. The zero-order valence-corrected chi connectivity index (χ0v) is 9.83. The summed E-state index contributed by atoms with van der Waals surface area (Å²) in [6.45, 7) is 1.94. The van der Waals surface area contributed by atoms with E-state index >= 15 is 0 Å². The van der Waals surface area contributed by atoms with Gasteiger partial charge in [-0.05, 0) is 37.1 Å². The van der Waals surface area contributed by atoms with Gasteiger partial charge >= 0.3 is 5.97 Å². The average Bonchev–Trinajstić information content (AvgIpc) is 2.49. The van der Waals surface area contributed by atoms with Crippen LogP contribution in [0.1, 0.15) is 17.7 Å². The molecule has 1 aromatic carbocycles. The predicted octanol–water partition coefficient (Wildman–Crippen LogP) is 2.64. The molecule has 17 heavy (non-hydrogen) atoms. The van der Waals surface area contributed by atoms with Gasteiger partial charge in [-0.2, -0.15) is 0 Å². The molecule has 0 saturated heterocycles. The van der Waals surface area contributed by atoms with Gasteiger partial charge in [0.05, 0.1) is 11.9 Å². The largest absolute Gasteiger partial charge is 0.481 e. The molecule has 0 amide bonds. The average molecular weight is 235 g/mol. The Morgan fingerprint density at radius 3 is 2.82 bits per heavy atom. The third-order valence-electron chi connectivity index (χ3n) is 3.14. The summed E-state index contributed by atoms with van der Waals surface area (Å²) in [5, 5.41) is 9.69. The molecule has 1 aromatic heterocycles. The summed E-state index contributed by atoms with van der Waals surface area (Å²) in [5.74, 6) is -1.09. The molecule has 1 heterocycles. The number of benzene rings is 1. The van der Waals surface area contributed by atoms with E-state index < -0.39 is 5.97 Å². The van der Waals surface area contributed by atoms with Crippen LogP contribution in [0.4, 0.5) is 4.39 Å². The number of carboxylic acids is 1. The number of hydrogen-bond acceptors (Lipinski definition) is 1. The van der Waals surface area contributed by atoms with Crippen LogP contribution in [0, 0.1) is 12.7 Å². The highest BCUT2D eigenvalue weighted by Crippen LogP contribution is 2.26. The normalized spacial score (nSPS) is 11.0. The Morgan fingerprint density at radius 1 is 1.47 bits per heavy atom. The molecule has 0 aliphatic heterocycles. The highest BCUT2D eigenvalue weighted by Gasteiger charge is 2.13. The molecule has 0 bridgehead atoms. The standard InChI is InChI=1S/C13H14FNO2/c1-8-10-4-3-9(14)7-12(10)15(2)11(8)5-6-13(16)17/h3-4,7H,5-6H2,1-2H3,(H,16,17). The molecule has 2 rings (SSSR count). The van der Waals surface area contributed by atoms with Crippen LogP contribution in [0.3, 0.4) is 0 Å². The lowest BCUT2D eigenvalue weighted by atomic mass is 10.1. The van der Waals surface area contributed by atoms with Crippen LogP contribution in [0.2, 0.25) is 0 Å². The first-order valence-electron chi connectivity index (χ1n) is 5.46. The van der Waals surface area contributed by atoms with Gasteiger partial charge in [-0.15, -0.1) is 0 Å². The number of carbonyl (C=O) groups is 1. The van der Waals surface area contributed by atoms with Crippen LogP contribution in [-0.2, 0) is 18.3 Å². The van der Waals surface area contributed by atoms with Gasteiger partial charge in [-0.3, -0.25) is 4.79 Å². The van der Waals surface area contributed by atoms with E-state index in [1.807, 2.05) is 18.5 Å². The first-order chi connectivity index (χ1) is 8.00. The van der Waals surface area contributed by atoms with E-state index in [0.717, 1.165) is 22.2 Å². The van der Waals surface area contributed by atoms with Gasteiger partial charge in [-0.1, -0.05) is 0 Å². The molecule has 0 aliphatic carbocycles. The van der Waals surface area contributed by atoms with Crippen molar-refractivity contribution in [3.63, 3.8) is 0 Å². The number of carboxylic acid groups (broad SMARTS) is 1.